The molecule has 0 saturated carbocycles. The molecule has 0 unspecified atom stereocenters. The molecule has 0 bridgehead atoms. The molecule has 10 heteroatoms. The highest BCUT2D eigenvalue weighted by Gasteiger charge is 2.05. The van der Waals surface area contributed by atoms with Crippen molar-refractivity contribution in [3.63, 3.8) is 0 Å². The van der Waals surface area contributed by atoms with Gasteiger partial charge in [0.2, 0.25) is 0 Å². The second-order valence-electron chi connectivity index (χ2n) is 2.70. The quantitative estimate of drug-likeness (QED) is 0.504. The number of rotatable bonds is 2. The first kappa shape index (κ1) is 8.52. The monoisotopic (exact) mass is 216 g/mol. The van der Waals surface area contributed by atoms with Crippen LogP contribution in [0.3, 0.4) is 0 Å². The van der Waals surface area contributed by atoms with E-state index < -0.39 is 0 Å². The van der Waals surface area contributed by atoms with Gasteiger partial charge in [-0.2, -0.15) is 9.36 Å². The van der Waals surface area contributed by atoms with Crippen LogP contribution in [0.1, 0.15) is 0 Å². The van der Waals surface area contributed by atoms with Gasteiger partial charge in [0.15, 0.2) is 0 Å². The average Bonchev–Trinajstić information content (AvgIpc) is 3.03. The van der Waals surface area contributed by atoms with E-state index in [-0.39, 0.29) is 11.9 Å². The summed E-state index contributed by atoms with van der Waals surface area (Å²) in [4.78, 5) is 0. The van der Waals surface area contributed by atoms with E-state index in [1.54, 1.807) is 12.4 Å². The zero-order chi connectivity index (χ0) is 10.8. The predicted molar refractivity (Wildman–Crippen MR) is 47.5 cm³/mol. The Balaban J connectivity index is 1.97. The van der Waals surface area contributed by atoms with Crippen LogP contribution in [0.2, 0.25) is 0 Å². The van der Waals surface area contributed by atoms with Crippen molar-refractivity contribution in [2.45, 2.75) is 0 Å². The van der Waals surface area contributed by atoms with Crippen LogP contribution in [0.25, 0.3) is 11.9 Å². The normalized spacial score (nSPS) is 10.5. The van der Waals surface area contributed by atoms with Crippen molar-refractivity contribution < 1.29 is 0 Å². The maximum Gasteiger partial charge on any atom is 0.290 e. The van der Waals surface area contributed by atoms with Crippen LogP contribution in [0.4, 0.5) is 0 Å². The largest absolute Gasteiger partial charge is 0.290 e. The van der Waals surface area contributed by atoms with Crippen molar-refractivity contribution in [3.8, 4) is 11.9 Å². The Morgan fingerprint density at radius 2 is 1.12 bits per heavy atom. The Labute approximate surface area is 88.0 Å². The molecule has 3 rings (SSSR count). The van der Waals surface area contributed by atoms with Crippen LogP contribution >= 0.6 is 0 Å². The molecule has 78 valence electrons. The van der Waals surface area contributed by atoms with Crippen molar-refractivity contribution in [1.82, 2.24) is 50.4 Å². The van der Waals surface area contributed by atoms with E-state index in [0.717, 1.165) is 0 Å². The van der Waals surface area contributed by atoms with Gasteiger partial charge in [0, 0.05) is 0 Å². The molecule has 0 atom stereocenters. The smallest absolute Gasteiger partial charge is 0.183 e. The summed E-state index contributed by atoms with van der Waals surface area (Å²) in [5, 5.41) is 30.0. The van der Waals surface area contributed by atoms with Crippen molar-refractivity contribution in [2.24, 2.45) is 0 Å². The Morgan fingerprint density at radius 1 is 0.688 bits per heavy atom. The molecule has 3 aromatic heterocycles. The SMILES string of the molecule is c1cn(-c2nnc(-n3ccnn3)nn2)nn1. The minimum atomic E-state index is 0.237. The van der Waals surface area contributed by atoms with Gasteiger partial charge in [-0.1, -0.05) is 10.4 Å². The molecule has 0 aliphatic carbocycles. The standard InChI is InChI=1S/C6H4N10/c1-3-15(13-7-1)5-9-11-6(12-10-5)16-4-2-8-14-16/h1-4H. The predicted octanol–water partition coefficient (Wildman–Crippen LogP) is -1.57. The second kappa shape index (κ2) is 3.42. The van der Waals surface area contributed by atoms with Crippen LogP contribution in [0.15, 0.2) is 24.8 Å². The average molecular weight is 216 g/mol. The molecule has 0 aliphatic rings. The summed E-state index contributed by atoms with van der Waals surface area (Å²) in [7, 11) is 0. The third kappa shape index (κ3) is 1.37. The van der Waals surface area contributed by atoms with Gasteiger partial charge in [-0.3, -0.25) is 0 Å². The molecule has 0 saturated heterocycles. The summed E-state index contributed by atoms with van der Waals surface area (Å²) in [5.41, 5.74) is 0. The van der Waals surface area contributed by atoms with Gasteiger partial charge < -0.3 is 0 Å². The van der Waals surface area contributed by atoms with Crippen LogP contribution < -0.4 is 0 Å². The van der Waals surface area contributed by atoms with Gasteiger partial charge in [0.1, 0.15) is 0 Å². The maximum absolute atomic E-state index is 3.83. The fourth-order valence-electron chi connectivity index (χ4n) is 1.03. The van der Waals surface area contributed by atoms with Gasteiger partial charge in [-0.25, -0.2) is 0 Å². The molecule has 0 fully saturated rings. The van der Waals surface area contributed by atoms with E-state index in [1.165, 1.54) is 21.8 Å². The fourth-order valence-corrected chi connectivity index (χ4v) is 1.03. The second-order valence-corrected chi connectivity index (χ2v) is 2.70. The minimum Gasteiger partial charge on any atom is -0.183 e. The van der Waals surface area contributed by atoms with Gasteiger partial charge in [-0.15, -0.1) is 30.6 Å². The molecule has 0 amide bonds. The summed E-state index contributed by atoms with van der Waals surface area (Å²) in [6.45, 7) is 0. The maximum atomic E-state index is 3.83. The molecule has 0 N–H and O–H groups in total. The number of hydrogen-bond acceptors (Lipinski definition) is 8. The molecule has 0 aliphatic heterocycles. The molecular formula is C6H4N10. The first-order chi connectivity index (χ1) is 7.93. The minimum absolute atomic E-state index is 0.237. The van der Waals surface area contributed by atoms with Crippen molar-refractivity contribution in [2.75, 3.05) is 0 Å². The van der Waals surface area contributed by atoms with Gasteiger partial charge in [0.05, 0.1) is 24.8 Å². The van der Waals surface area contributed by atoms with E-state index in [2.05, 4.69) is 41.0 Å². The summed E-state index contributed by atoms with van der Waals surface area (Å²) in [6.07, 6.45) is 6.20. The molecule has 0 spiro atoms. The highest BCUT2D eigenvalue weighted by molar-refractivity contribution is 5.06. The molecule has 16 heavy (non-hydrogen) atoms. The zero-order valence-corrected chi connectivity index (χ0v) is 7.78. The van der Waals surface area contributed by atoms with Gasteiger partial charge >= 0.3 is 0 Å². The van der Waals surface area contributed by atoms with Crippen molar-refractivity contribution in [1.29, 1.82) is 0 Å². The van der Waals surface area contributed by atoms with Gasteiger partial charge in [0.25, 0.3) is 11.9 Å². The Kier molecular flexibility index (Phi) is 1.82. The summed E-state index contributed by atoms with van der Waals surface area (Å²) in [5.74, 6) is 0.475. The number of nitrogens with zero attached hydrogens (tertiary/aromatic N) is 10. The first-order valence-corrected chi connectivity index (χ1v) is 4.24. The van der Waals surface area contributed by atoms with Crippen LogP contribution in [-0.4, -0.2) is 50.4 Å². The molecule has 10 nitrogen and oxygen atoms in total. The van der Waals surface area contributed by atoms with E-state index in [4.69, 9.17) is 0 Å². The topological polar surface area (TPSA) is 113 Å². The molecule has 0 aromatic carbocycles. The molecule has 3 aromatic rings. The van der Waals surface area contributed by atoms with Crippen molar-refractivity contribution in [3.05, 3.63) is 24.8 Å². The lowest BCUT2D eigenvalue weighted by Gasteiger charge is -1.97. The fraction of sp³-hybridized carbons (Fsp3) is 0. The van der Waals surface area contributed by atoms with E-state index in [1.807, 2.05) is 0 Å². The Bertz CT molecular complexity index is 499. The van der Waals surface area contributed by atoms with E-state index in [0.29, 0.717) is 0 Å². The van der Waals surface area contributed by atoms with Crippen LogP contribution in [-0.2, 0) is 0 Å². The highest BCUT2D eigenvalue weighted by Crippen LogP contribution is 1.95. The van der Waals surface area contributed by atoms with E-state index in [9.17, 15) is 0 Å². The molecule has 0 radical (unpaired) electrons. The van der Waals surface area contributed by atoms with Crippen LogP contribution in [0, 0.1) is 0 Å². The number of hydrogen-bond donors (Lipinski definition) is 0. The highest BCUT2D eigenvalue weighted by atomic mass is 15.5. The lowest BCUT2D eigenvalue weighted by Crippen LogP contribution is -2.10. The third-order valence-electron chi connectivity index (χ3n) is 1.71. The lowest BCUT2D eigenvalue weighted by atomic mass is 10.8. The summed E-state index contributed by atoms with van der Waals surface area (Å²) in [6, 6.07) is 0. The van der Waals surface area contributed by atoms with E-state index >= 15 is 0 Å². The molecular weight excluding hydrogens is 212 g/mol. The van der Waals surface area contributed by atoms with Crippen LogP contribution in [0.5, 0.6) is 0 Å². The third-order valence-corrected chi connectivity index (χ3v) is 1.71. The molecule has 3 heterocycles. The Morgan fingerprint density at radius 3 is 1.44 bits per heavy atom. The number of aromatic nitrogens is 10. The summed E-state index contributed by atoms with van der Waals surface area (Å²) >= 11 is 0. The lowest BCUT2D eigenvalue weighted by molar-refractivity contribution is 0.655. The van der Waals surface area contributed by atoms with Crippen molar-refractivity contribution >= 4 is 0 Å². The summed E-state index contributed by atoms with van der Waals surface area (Å²) < 4.78 is 2.70. The first-order valence-electron chi connectivity index (χ1n) is 4.24. The zero-order valence-electron chi connectivity index (χ0n) is 7.78. The Hall–Kier alpha value is -2.78. The van der Waals surface area contributed by atoms with Gasteiger partial charge in [-0.05, 0) is 0 Å².